The Morgan fingerprint density at radius 1 is 1.03 bits per heavy atom. The van der Waals surface area contributed by atoms with E-state index in [4.69, 9.17) is 4.98 Å². The Balaban J connectivity index is 1.56. The van der Waals surface area contributed by atoms with Gasteiger partial charge in [0.2, 0.25) is 5.91 Å². The molecule has 0 unspecified atom stereocenters. The van der Waals surface area contributed by atoms with Gasteiger partial charge in [0.1, 0.15) is 0 Å². The quantitative estimate of drug-likeness (QED) is 0.475. The number of benzene rings is 2. The van der Waals surface area contributed by atoms with Crippen molar-refractivity contribution < 1.29 is 4.79 Å². The molecule has 150 valence electrons. The number of amides is 1. The Labute approximate surface area is 174 Å². The standard InChI is InChI=1S/C23H25N3O2S/c27-21(24-18-11-5-2-6-12-18)16-29-23-25-20-14-8-7-13-19(20)22(28)26(23)15-17-9-3-1-4-10-17/h2,5-8,11-14,17H,1,3-4,9-10,15-16H2,(H,24,27). The number of carbonyl (C=O) groups excluding carboxylic acids is 1. The minimum Gasteiger partial charge on any atom is -0.325 e. The predicted molar refractivity (Wildman–Crippen MR) is 118 cm³/mol. The number of anilines is 1. The molecule has 3 aromatic rings. The van der Waals surface area contributed by atoms with E-state index in [2.05, 4.69) is 5.32 Å². The number of thioether (sulfide) groups is 1. The number of fused-ring (bicyclic) bond motifs is 1. The third kappa shape index (κ3) is 4.88. The zero-order valence-electron chi connectivity index (χ0n) is 16.3. The van der Waals surface area contributed by atoms with Crippen LogP contribution >= 0.6 is 11.8 Å². The number of nitrogens with zero attached hydrogens (tertiary/aromatic N) is 2. The Bertz CT molecular complexity index is 1040. The Morgan fingerprint density at radius 2 is 1.76 bits per heavy atom. The molecule has 1 aliphatic rings. The van der Waals surface area contributed by atoms with Crippen LogP contribution in [-0.4, -0.2) is 21.2 Å². The van der Waals surface area contributed by atoms with Crippen molar-refractivity contribution in [1.29, 1.82) is 0 Å². The van der Waals surface area contributed by atoms with E-state index in [1.54, 1.807) is 4.57 Å². The summed E-state index contributed by atoms with van der Waals surface area (Å²) in [4.78, 5) is 30.3. The Morgan fingerprint density at radius 3 is 2.55 bits per heavy atom. The van der Waals surface area contributed by atoms with Gasteiger partial charge >= 0.3 is 0 Å². The summed E-state index contributed by atoms with van der Waals surface area (Å²) in [6.45, 7) is 0.680. The monoisotopic (exact) mass is 407 g/mol. The van der Waals surface area contributed by atoms with E-state index < -0.39 is 0 Å². The fourth-order valence-electron chi connectivity index (χ4n) is 3.90. The largest absolute Gasteiger partial charge is 0.325 e. The molecule has 4 rings (SSSR count). The van der Waals surface area contributed by atoms with E-state index in [1.165, 1.54) is 31.0 Å². The molecule has 5 nitrogen and oxygen atoms in total. The number of aromatic nitrogens is 2. The van der Waals surface area contributed by atoms with Crippen LogP contribution in [0.3, 0.4) is 0 Å². The number of hydrogen-bond donors (Lipinski definition) is 1. The van der Waals surface area contributed by atoms with Gasteiger partial charge in [-0.1, -0.05) is 61.4 Å². The van der Waals surface area contributed by atoms with Gasteiger partial charge in [-0.15, -0.1) is 0 Å². The number of hydrogen-bond acceptors (Lipinski definition) is 4. The topological polar surface area (TPSA) is 64.0 Å². The molecule has 0 saturated heterocycles. The average molecular weight is 408 g/mol. The molecule has 0 bridgehead atoms. The molecule has 29 heavy (non-hydrogen) atoms. The van der Waals surface area contributed by atoms with E-state index >= 15 is 0 Å². The summed E-state index contributed by atoms with van der Waals surface area (Å²) in [7, 11) is 0. The van der Waals surface area contributed by atoms with Crippen molar-refractivity contribution >= 4 is 34.3 Å². The van der Waals surface area contributed by atoms with Crippen LogP contribution in [0.1, 0.15) is 32.1 Å². The molecule has 1 aliphatic carbocycles. The summed E-state index contributed by atoms with van der Waals surface area (Å²) in [5.74, 6) is 0.611. The van der Waals surface area contributed by atoms with Crippen LogP contribution in [-0.2, 0) is 11.3 Å². The first-order chi connectivity index (χ1) is 14.2. The maximum absolute atomic E-state index is 13.2. The first-order valence-electron chi connectivity index (χ1n) is 10.2. The summed E-state index contributed by atoms with van der Waals surface area (Å²) >= 11 is 1.33. The van der Waals surface area contributed by atoms with Gasteiger partial charge in [-0.2, -0.15) is 0 Å². The lowest BCUT2D eigenvalue weighted by atomic mass is 9.89. The zero-order chi connectivity index (χ0) is 20.1. The third-order valence-electron chi connectivity index (χ3n) is 5.38. The van der Waals surface area contributed by atoms with Crippen molar-refractivity contribution in [1.82, 2.24) is 9.55 Å². The number of nitrogens with one attached hydrogen (secondary N) is 1. The second-order valence-electron chi connectivity index (χ2n) is 7.53. The second kappa shape index (κ2) is 9.27. The summed E-state index contributed by atoms with van der Waals surface area (Å²) in [5.41, 5.74) is 1.44. The third-order valence-corrected chi connectivity index (χ3v) is 6.36. The highest BCUT2D eigenvalue weighted by molar-refractivity contribution is 7.99. The lowest BCUT2D eigenvalue weighted by Crippen LogP contribution is -2.28. The van der Waals surface area contributed by atoms with Gasteiger partial charge in [-0.3, -0.25) is 14.2 Å². The van der Waals surface area contributed by atoms with Crippen molar-refractivity contribution in [3.05, 3.63) is 65.0 Å². The lowest BCUT2D eigenvalue weighted by Gasteiger charge is -2.23. The normalized spacial score (nSPS) is 14.8. The van der Waals surface area contributed by atoms with E-state index in [-0.39, 0.29) is 17.2 Å². The summed E-state index contributed by atoms with van der Waals surface area (Å²) in [6, 6.07) is 16.8. The highest BCUT2D eigenvalue weighted by Crippen LogP contribution is 2.27. The van der Waals surface area contributed by atoms with Gasteiger partial charge in [0.05, 0.1) is 16.7 Å². The first kappa shape index (κ1) is 19.7. The van der Waals surface area contributed by atoms with Crippen LogP contribution in [0.25, 0.3) is 10.9 Å². The fourth-order valence-corrected chi connectivity index (χ4v) is 4.70. The van der Waals surface area contributed by atoms with Crippen LogP contribution in [0.5, 0.6) is 0 Å². The predicted octanol–water partition coefficient (Wildman–Crippen LogP) is 4.71. The van der Waals surface area contributed by atoms with Crippen molar-refractivity contribution in [3.8, 4) is 0 Å². The molecule has 1 N–H and O–H groups in total. The van der Waals surface area contributed by atoms with Gasteiger partial charge in [-0.25, -0.2) is 4.98 Å². The van der Waals surface area contributed by atoms with Gasteiger partial charge in [-0.05, 0) is 43.0 Å². The van der Waals surface area contributed by atoms with Crippen LogP contribution in [0.2, 0.25) is 0 Å². The number of para-hydroxylation sites is 2. The first-order valence-corrected chi connectivity index (χ1v) is 11.2. The lowest BCUT2D eigenvalue weighted by molar-refractivity contribution is -0.113. The molecule has 1 amide bonds. The summed E-state index contributed by atoms with van der Waals surface area (Å²) < 4.78 is 1.79. The van der Waals surface area contributed by atoms with Gasteiger partial charge in [0.15, 0.2) is 5.16 Å². The van der Waals surface area contributed by atoms with Crippen LogP contribution in [0.15, 0.2) is 64.5 Å². The van der Waals surface area contributed by atoms with Gasteiger partial charge < -0.3 is 5.32 Å². The minimum atomic E-state index is -0.104. The molecule has 6 heteroatoms. The summed E-state index contributed by atoms with van der Waals surface area (Å²) in [6.07, 6.45) is 6.03. The molecule has 1 aromatic heterocycles. The van der Waals surface area contributed by atoms with Crippen LogP contribution in [0, 0.1) is 5.92 Å². The average Bonchev–Trinajstić information content (AvgIpc) is 2.76. The summed E-state index contributed by atoms with van der Waals surface area (Å²) in [5, 5.41) is 4.16. The molecule has 0 radical (unpaired) electrons. The molecule has 1 heterocycles. The molecule has 0 atom stereocenters. The number of carbonyl (C=O) groups is 1. The van der Waals surface area contributed by atoms with Crippen molar-refractivity contribution in [3.63, 3.8) is 0 Å². The van der Waals surface area contributed by atoms with E-state index in [0.717, 1.165) is 18.5 Å². The molecular formula is C23H25N3O2S. The fraction of sp³-hybridized carbons (Fsp3) is 0.348. The zero-order valence-corrected chi connectivity index (χ0v) is 17.2. The molecule has 0 aliphatic heterocycles. The molecular weight excluding hydrogens is 382 g/mol. The van der Waals surface area contributed by atoms with Crippen LogP contribution in [0.4, 0.5) is 5.69 Å². The molecule has 2 aromatic carbocycles. The van der Waals surface area contributed by atoms with E-state index in [9.17, 15) is 9.59 Å². The van der Waals surface area contributed by atoms with Crippen molar-refractivity contribution in [2.75, 3.05) is 11.1 Å². The minimum absolute atomic E-state index is 0.00728. The van der Waals surface area contributed by atoms with Crippen molar-refractivity contribution in [2.24, 2.45) is 5.92 Å². The van der Waals surface area contributed by atoms with E-state index in [0.29, 0.717) is 28.5 Å². The second-order valence-corrected chi connectivity index (χ2v) is 8.48. The van der Waals surface area contributed by atoms with E-state index in [1.807, 2.05) is 54.6 Å². The maximum Gasteiger partial charge on any atom is 0.262 e. The highest BCUT2D eigenvalue weighted by atomic mass is 32.2. The SMILES string of the molecule is O=C(CSc1nc2ccccc2c(=O)n1CC1CCCCC1)Nc1ccccc1. The molecule has 1 fully saturated rings. The van der Waals surface area contributed by atoms with Crippen LogP contribution < -0.4 is 10.9 Å². The van der Waals surface area contributed by atoms with Crippen molar-refractivity contribution in [2.45, 2.75) is 43.8 Å². The van der Waals surface area contributed by atoms with Gasteiger partial charge in [0, 0.05) is 12.2 Å². The Hall–Kier alpha value is -2.60. The maximum atomic E-state index is 13.2. The smallest absolute Gasteiger partial charge is 0.262 e. The number of rotatable bonds is 6. The van der Waals surface area contributed by atoms with Gasteiger partial charge in [0.25, 0.3) is 5.56 Å². The highest BCUT2D eigenvalue weighted by Gasteiger charge is 2.19. The molecule has 0 spiro atoms. The molecule has 1 saturated carbocycles. The Kier molecular flexibility index (Phi) is 6.30.